The summed E-state index contributed by atoms with van der Waals surface area (Å²) in [6.07, 6.45) is 2.94. The van der Waals surface area contributed by atoms with Gasteiger partial charge in [0, 0.05) is 23.0 Å². The number of ketones is 2. The number of rotatable bonds is 0. The maximum atomic E-state index is 14.2. The first-order chi connectivity index (χ1) is 15.2. The Kier molecular flexibility index (Phi) is 2.89. The van der Waals surface area contributed by atoms with Crippen LogP contribution in [-0.2, 0) is 38.1 Å². The molecular formula is C25H26O8. The van der Waals surface area contributed by atoms with Crippen LogP contribution in [0.5, 0.6) is 0 Å². The molecule has 8 atom stereocenters. The molecule has 8 rings (SSSR count). The maximum Gasteiger partial charge on any atom is 0.332 e. The van der Waals surface area contributed by atoms with Crippen molar-refractivity contribution in [3.8, 4) is 0 Å². The molecule has 8 aliphatic rings. The first-order valence-corrected chi connectivity index (χ1v) is 11.5. The number of hydrogen-bond acceptors (Lipinski definition) is 8. The predicted molar refractivity (Wildman–Crippen MR) is 110 cm³/mol. The van der Waals surface area contributed by atoms with Crippen LogP contribution in [0.15, 0.2) is 23.3 Å². The Morgan fingerprint density at radius 2 is 1.64 bits per heavy atom. The van der Waals surface area contributed by atoms with E-state index < -0.39 is 68.4 Å². The van der Waals surface area contributed by atoms with Crippen molar-refractivity contribution in [3.63, 3.8) is 0 Å². The lowest BCUT2D eigenvalue weighted by Crippen LogP contribution is -2.85. The zero-order valence-electron chi connectivity index (χ0n) is 19.5. The van der Waals surface area contributed by atoms with Gasteiger partial charge in [0.1, 0.15) is 17.1 Å². The van der Waals surface area contributed by atoms with Crippen molar-refractivity contribution in [1.29, 1.82) is 0 Å². The number of Topliss-reactive ketones (excluding diaryl/α,β-unsaturated/α-hetero) is 2. The summed E-state index contributed by atoms with van der Waals surface area (Å²) in [5, 5.41) is 0. The normalized spacial score (nSPS) is 56.5. The standard InChI is InChI=1S/C25H26O8/c1-19(2)11-7-14-21(4)13-9-20(3)16(27)23(6)17(28)25(20,24(21,10-30-23)18(29)31-14)33-22(13,5)12(11)8-15(26)32-19/h7-8,13-14H,9-10H2,1-6H3. The van der Waals surface area contributed by atoms with Gasteiger partial charge in [-0.2, -0.15) is 0 Å². The van der Waals surface area contributed by atoms with E-state index in [1.54, 1.807) is 20.8 Å². The van der Waals surface area contributed by atoms with E-state index >= 15 is 0 Å². The molecule has 0 aromatic heterocycles. The SMILES string of the molecule is CC1(C)OC(=O)C=C2C1=CC1OC(=O)C34COC5(C)C(=O)C6(C)CC(C2(C)OC63C5=O)C14C. The number of cyclic esters (lactones) is 1. The van der Waals surface area contributed by atoms with Crippen molar-refractivity contribution >= 4 is 23.5 Å². The van der Waals surface area contributed by atoms with E-state index in [0.717, 1.165) is 0 Å². The molecule has 0 N–H and O–H groups in total. The molecule has 3 aliphatic carbocycles. The summed E-state index contributed by atoms with van der Waals surface area (Å²) >= 11 is 0. The monoisotopic (exact) mass is 454 g/mol. The summed E-state index contributed by atoms with van der Waals surface area (Å²) < 4.78 is 24.6. The average molecular weight is 454 g/mol. The molecular weight excluding hydrogens is 428 g/mol. The van der Waals surface area contributed by atoms with E-state index in [0.29, 0.717) is 17.6 Å². The largest absolute Gasteiger partial charge is 0.457 e. The summed E-state index contributed by atoms with van der Waals surface area (Å²) in [6.45, 7) is 10.5. The topological polar surface area (TPSA) is 105 Å². The Hall–Kier alpha value is -2.32. The van der Waals surface area contributed by atoms with Crippen LogP contribution in [0.1, 0.15) is 48.0 Å². The second-order valence-corrected chi connectivity index (χ2v) is 12.0. The minimum atomic E-state index is -1.75. The third-order valence-corrected chi connectivity index (χ3v) is 10.5. The molecule has 8 unspecified atom stereocenters. The summed E-state index contributed by atoms with van der Waals surface area (Å²) in [4.78, 5) is 54.4. The fourth-order valence-corrected chi connectivity index (χ4v) is 8.98. The second kappa shape index (κ2) is 4.75. The Bertz CT molecular complexity index is 1230. The summed E-state index contributed by atoms with van der Waals surface area (Å²) in [7, 11) is 0. The molecule has 0 aromatic rings. The van der Waals surface area contributed by atoms with Crippen LogP contribution in [0.2, 0.25) is 0 Å². The maximum absolute atomic E-state index is 14.2. The number of carbonyl (C=O) groups excluding carboxylic acids is 4. The number of fused-ring (bicyclic) bond motifs is 2. The highest BCUT2D eigenvalue weighted by molar-refractivity contribution is 6.26. The van der Waals surface area contributed by atoms with Gasteiger partial charge in [0.05, 0.1) is 17.6 Å². The van der Waals surface area contributed by atoms with E-state index in [9.17, 15) is 19.2 Å². The number of carbonyl (C=O) groups is 4. The first-order valence-electron chi connectivity index (χ1n) is 11.5. The molecule has 8 heteroatoms. The third kappa shape index (κ3) is 1.49. The Morgan fingerprint density at radius 1 is 0.939 bits per heavy atom. The fraction of sp³-hybridized carbons (Fsp3) is 0.680. The molecule has 2 saturated carbocycles. The number of esters is 2. The Morgan fingerprint density at radius 3 is 2.33 bits per heavy atom. The van der Waals surface area contributed by atoms with Gasteiger partial charge in [-0.1, -0.05) is 6.92 Å². The molecule has 6 fully saturated rings. The van der Waals surface area contributed by atoms with Crippen molar-refractivity contribution in [3.05, 3.63) is 23.3 Å². The van der Waals surface area contributed by atoms with Gasteiger partial charge in [-0.15, -0.1) is 0 Å². The number of ether oxygens (including phenoxy) is 4. The lowest BCUT2D eigenvalue weighted by atomic mass is 9.36. The van der Waals surface area contributed by atoms with Gasteiger partial charge in [-0.05, 0) is 52.7 Å². The molecule has 0 radical (unpaired) electrons. The molecule has 5 aliphatic heterocycles. The van der Waals surface area contributed by atoms with Crippen molar-refractivity contribution in [2.45, 2.75) is 76.5 Å². The molecule has 33 heavy (non-hydrogen) atoms. The molecule has 4 saturated heterocycles. The zero-order valence-corrected chi connectivity index (χ0v) is 19.5. The molecule has 174 valence electrons. The van der Waals surface area contributed by atoms with E-state index in [4.69, 9.17) is 18.9 Å². The summed E-state index contributed by atoms with van der Waals surface area (Å²) in [6, 6.07) is 0. The summed E-state index contributed by atoms with van der Waals surface area (Å²) in [5.74, 6) is -2.30. The quantitative estimate of drug-likeness (QED) is 0.402. The van der Waals surface area contributed by atoms with Gasteiger partial charge in [-0.25, -0.2) is 4.79 Å². The van der Waals surface area contributed by atoms with Gasteiger partial charge in [-0.3, -0.25) is 14.4 Å². The minimum absolute atomic E-state index is 0.129. The van der Waals surface area contributed by atoms with Crippen LogP contribution in [0.25, 0.3) is 0 Å². The van der Waals surface area contributed by atoms with Crippen molar-refractivity contribution in [2.24, 2.45) is 22.2 Å². The van der Waals surface area contributed by atoms with Crippen LogP contribution >= 0.6 is 0 Å². The van der Waals surface area contributed by atoms with Crippen molar-refractivity contribution in [1.82, 2.24) is 0 Å². The highest BCUT2D eigenvalue weighted by Crippen LogP contribution is 2.82. The predicted octanol–water partition coefficient (Wildman–Crippen LogP) is 1.60. The molecule has 0 amide bonds. The van der Waals surface area contributed by atoms with Gasteiger partial charge < -0.3 is 18.9 Å². The van der Waals surface area contributed by atoms with E-state index in [1.165, 1.54) is 13.0 Å². The molecule has 5 heterocycles. The summed E-state index contributed by atoms with van der Waals surface area (Å²) in [5.41, 5.74) is -7.80. The number of hydrogen-bond donors (Lipinski definition) is 0. The van der Waals surface area contributed by atoms with Gasteiger partial charge in [0.2, 0.25) is 5.78 Å². The highest BCUT2D eigenvalue weighted by Gasteiger charge is 2.97. The van der Waals surface area contributed by atoms with Gasteiger partial charge in [0.15, 0.2) is 17.0 Å². The first kappa shape index (κ1) is 20.1. The highest BCUT2D eigenvalue weighted by atomic mass is 16.6. The van der Waals surface area contributed by atoms with Crippen LogP contribution in [0.4, 0.5) is 0 Å². The molecule has 2 spiro atoms. The Labute approximate surface area is 190 Å². The third-order valence-electron chi connectivity index (χ3n) is 10.5. The molecule has 5 bridgehead atoms. The zero-order chi connectivity index (χ0) is 23.8. The van der Waals surface area contributed by atoms with Crippen LogP contribution in [0.3, 0.4) is 0 Å². The van der Waals surface area contributed by atoms with E-state index in [1.807, 2.05) is 19.9 Å². The van der Waals surface area contributed by atoms with E-state index in [2.05, 4.69) is 0 Å². The lowest BCUT2D eigenvalue weighted by molar-refractivity contribution is -0.357. The minimum Gasteiger partial charge on any atom is -0.457 e. The molecule has 8 nitrogen and oxygen atoms in total. The molecule has 0 aromatic carbocycles. The van der Waals surface area contributed by atoms with E-state index in [-0.39, 0.29) is 12.4 Å². The van der Waals surface area contributed by atoms with Crippen molar-refractivity contribution in [2.75, 3.05) is 6.61 Å². The average Bonchev–Trinajstić information content (AvgIpc) is 2.96. The fourth-order valence-electron chi connectivity index (χ4n) is 8.98. The second-order valence-electron chi connectivity index (χ2n) is 12.0. The van der Waals surface area contributed by atoms with Gasteiger partial charge in [0.25, 0.3) is 0 Å². The lowest BCUT2D eigenvalue weighted by Gasteiger charge is -2.72. The van der Waals surface area contributed by atoms with Crippen molar-refractivity contribution < 1.29 is 38.1 Å². The van der Waals surface area contributed by atoms with Crippen LogP contribution < -0.4 is 0 Å². The van der Waals surface area contributed by atoms with Crippen LogP contribution in [-0.4, -0.2) is 58.6 Å². The van der Waals surface area contributed by atoms with Gasteiger partial charge >= 0.3 is 11.9 Å². The van der Waals surface area contributed by atoms with Crippen LogP contribution in [0, 0.1) is 22.2 Å². The smallest absolute Gasteiger partial charge is 0.332 e. The Balaban J connectivity index is 1.64.